The number of rotatable bonds is 0. The van der Waals surface area contributed by atoms with Gasteiger partial charge in [0.15, 0.2) is 0 Å². The molecule has 5 heteroatoms. The minimum Gasteiger partial charge on any atom is -0.278 e. The SMILES string of the molecule is O=C1Cc2cc3[nH]ncc3cc2CN=N1. The minimum atomic E-state index is -0.187. The lowest BCUT2D eigenvalue weighted by Crippen LogP contribution is -1.98. The van der Waals surface area contributed by atoms with Crippen LogP contribution in [0.1, 0.15) is 11.1 Å². The number of hydrogen-bond acceptors (Lipinski definition) is 3. The Balaban J connectivity index is 2.23. The summed E-state index contributed by atoms with van der Waals surface area (Å²) in [5.74, 6) is -0.187. The van der Waals surface area contributed by atoms with Crippen LogP contribution in [0.15, 0.2) is 28.6 Å². The van der Waals surface area contributed by atoms with Gasteiger partial charge in [0.05, 0.1) is 24.7 Å². The summed E-state index contributed by atoms with van der Waals surface area (Å²) >= 11 is 0. The number of carbonyl (C=O) groups is 1. The minimum absolute atomic E-state index is 0.187. The number of aromatic amines is 1. The van der Waals surface area contributed by atoms with Gasteiger partial charge >= 0.3 is 0 Å². The van der Waals surface area contributed by atoms with Gasteiger partial charge in [0.25, 0.3) is 5.91 Å². The molecule has 1 aromatic heterocycles. The number of nitrogens with zero attached hydrogens (tertiary/aromatic N) is 3. The Morgan fingerprint density at radius 1 is 1.27 bits per heavy atom. The summed E-state index contributed by atoms with van der Waals surface area (Å²) in [5, 5.41) is 15.3. The van der Waals surface area contributed by atoms with Gasteiger partial charge in [-0.15, -0.1) is 5.11 Å². The first kappa shape index (κ1) is 8.28. The Morgan fingerprint density at radius 2 is 2.20 bits per heavy atom. The third-order valence-electron chi connectivity index (χ3n) is 2.53. The van der Waals surface area contributed by atoms with E-state index in [0.717, 1.165) is 22.0 Å². The van der Waals surface area contributed by atoms with Crippen LogP contribution in [0.4, 0.5) is 0 Å². The first-order valence-corrected chi connectivity index (χ1v) is 4.68. The van der Waals surface area contributed by atoms with E-state index in [2.05, 4.69) is 20.4 Å². The molecule has 0 fully saturated rings. The molecule has 1 aliphatic rings. The molecule has 74 valence electrons. The Kier molecular flexibility index (Phi) is 1.65. The van der Waals surface area contributed by atoms with Crippen molar-refractivity contribution in [2.45, 2.75) is 13.0 Å². The fourth-order valence-electron chi connectivity index (χ4n) is 1.78. The van der Waals surface area contributed by atoms with Crippen LogP contribution in [0.3, 0.4) is 0 Å². The van der Waals surface area contributed by atoms with Crippen LogP contribution < -0.4 is 0 Å². The highest BCUT2D eigenvalue weighted by Gasteiger charge is 2.12. The van der Waals surface area contributed by atoms with E-state index in [1.54, 1.807) is 6.20 Å². The number of aromatic nitrogens is 2. The highest BCUT2D eigenvalue weighted by Crippen LogP contribution is 2.21. The maximum absolute atomic E-state index is 11.2. The summed E-state index contributed by atoms with van der Waals surface area (Å²) in [4.78, 5) is 11.2. The molecular formula is C10H8N4O. The van der Waals surface area contributed by atoms with E-state index in [-0.39, 0.29) is 5.91 Å². The number of H-pyrrole nitrogens is 1. The van der Waals surface area contributed by atoms with Gasteiger partial charge < -0.3 is 0 Å². The predicted molar refractivity (Wildman–Crippen MR) is 53.4 cm³/mol. The standard InChI is InChI=1S/C10H8N4O/c15-10-3-6-2-9-8(5-11-13-9)1-7(6)4-12-14-10/h1-2,5H,3-4H2,(H,11,13). The molecule has 0 saturated carbocycles. The molecular weight excluding hydrogens is 192 g/mol. The molecule has 0 atom stereocenters. The van der Waals surface area contributed by atoms with E-state index in [1.165, 1.54) is 0 Å². The lowest BCUT2D eigenvalue weighted by Gasteiger charge is -2.02. The molecule has 0 radical (unpaired) electrons. The van der Waals surface area contributed by atoms with Crippen molar-refractivity contribution < 1.29 is 4.79 Å². The van der Waals surface area contributed by atoms with Crippen LogP contribution in [0.2, 0.25) is 0 Å². The quantitative estimate of drug-likeness (QED) is 0.701. The zero-order chi connectivity index (χ0) is 10.3. The molecule has 0 saturated heterocycles. The Labute approximate surface area is 85.2 Å². The fourth-order valence-corrected chi connectivity index (χ4v) is 1.78. The fraction of sp³-hybridized carbons (Fsp3) is 0.200. The molecule has 1 aliphatic heterocycles. The molecule has 2 heterocycles. The molecule has 2 aromatic rings. The summed E-state index contributed by atoms with van der Waals surface area (Å²) in [6.07, 6.45) is 2.09. The van der Waals surface area contributed by atoms with Gasteiger partial charge in [-0.1, -0.05) is 0 Å². The first-order valence-electron chi connectivity index (χ1n) is 4.68. The van der Waals surface area contributed by atoms with Gasteiger partial charge in [-0.3, -0.25) is 9.89 Å². The van der Waals surface area contributed by atoms with Crippen molar-refractivity contribution in [3.05, 3.63) is 29.5 Å². The summed E-state index contributed by atoms with van der Waals surface area (Å²) in [5.41, 5.74) is 2.99. The molecule has 1 amide bonds. The zero-order valence-corrected chi connectivity index (χ0v) is 7.90. The highest BCUT2D eigenvalue weighted by atomic mass is 16.1. The van der Waals surface area contributed by atoms with Crippen molar-refractivity contribution in [1.82, 2.24) is 10.2 Å². The van der Waals surface area contributed by atoms with Gasteiger partial charge in [0.1, 0.15) is 0 Å². The van der Waals surface area contributed by atoms with Crippen LogP contribution in [-0.2, 0) is 17.8 Å². The van der Waals surface area contributed by atoms with Gasteiger partial charge in [0.2, 0.25) is 0 Å². The van der Waals surface area contributed by atoms with E-state index in [9.17, 15) is 4.79 Å². The molecule has 1 aromatic carbocycles. The van der Waals surface area contributed by atoms with Gasteiger partial charge in [-0.25, -0.2) is 0 Å². The molecule has 0 bridgehead atoms. The number of fused-ring (bicyclic) bond motifs is 2. The number of azo groups is 1. The van der Waals surface area contributed by atoms with Crippen LogP contribution in [0.25, 0.3) is 10.9 Å². The Hall–Kier alpha value is -2.04. The van der Waals surface area contributed by atoms with E-state index in [4.69, 9.17) is 0 Å². The van der Waals surface area contributed by atoms with Crippen LogP contribution in [0, 0.1) is 0 Å². The average Bonchev–Trinajstić information content (AvgIpc) is 2.57. The monoisotopic (exact) mass is 200 g/mol. The van der Waals surface area contributed by atoms with Crippen molar-refractivity contribution in [3.63, 3.8) is 0 Å². The second-order valence-corrected chi connectivity index (χ2v) is 3.55. The van der Waals surface area contributed by atoms with E-state index < -0.39 is 0 Å². The first-order chi connectivity index (χ1) is 7.33. The van der Waals surface area contributed by atoms with Gasteiger partial charge in [-0.2, -0.15) is 10.2 Å². The Bertz CT molecular complexity index is 570. The number of benzene rings is 1. The van der Waals surface area contributed by atoms with Crippen LogP contribution in [0.5, 0.6) is 0 Å². The molecule has 5 nitrogen and oxygen atoms in total. The third kappa shape index (κ3) is 1.32. The molecule has 0 unspecified atom stereocenters. The molecule has 3 rings (SSSR count). The molecule has 15 heavy (non-hydrogen) atoms. The number of carbonyl (C=O) groups excluding carboxylic acids is 1. The maximum Gasteiger partial charge on any atom is 0.268 e. The smallest absolute Gasteiger partial charge is 0.268 e. The van der Waals surface area contributed by atoms with Crippen LogP contribution in [-0.4, -0.2) is 16.1 Å². The summed E-state index contributed by atoms with van der Waals surface area (Å²) < 4.78 is 0. The van der Waals surface area contributed by atoms with Gasteiger partial charge in [-0.05, 0) is 23.3 Å². The van der Waals surface area contributed by atoms with Crippen molar-refractivity contribution in [1.29, 1.82) is 0 Å². The molecule has 1 N–H and O–H groups in total. The van der Waals surface area contributed by atoms with Gasteiger partial charge in [0, 0.05) is 5.39 Å². The maximum atomic E-state index is 11.2. The van der Waals surface area contributed by atoms with Crippen molar-refractivity contribution >= 4 is 16.8 Å². The summed E-state index contributed by atoms with van der Waals surface area (Å²) in [7, 11) is 0. The largest absolute Gasteiger partial charge is 0.278 e. The van der Waals surface area contributed by atoms with E-state index in [1.807, 2.05) is 12.1 Å². The lowest BCUT2D eigenvalue weighted by atomic mass is 10.0. The number of hydrogen-bond donors (Lipinski definition) is 1. The van der Waals surface area contributed by atoms with Crippen molar-refractivity contribution in [2.75, 3.05) is 0 Å². The predicted octanol–water partition coefficient (Wildman–Crippen LogP) is 1.60. The van der Waals surface area contributed by atoms with Crippen LogP contribution >= 0.6 is 0 Å². The summed E-state index contributed by atoms with van der Waals surface area (Å²) in [6, 6.07) is 3.96. The topological polar surface area (TPSA) is 70.5 Å². The molecule has 0 spiro atoms. The second kappa shape index (κ2) is 2.98. The Morgan fingerprint density at radius 3 is 3.13 bits per heavy atom. The average molecular weight is 200 g/mol. The van der Waals surface area contributed by atoms with E-state index >= 15 is 0 Å². The highest BCUT2D eigenvalue weighted by molar-refractivity contribution is 5.84. The van der Waals surface area contributed by atoms with Crippen molar-refractivity contribution in [3.8, 4) is 0 Å². The third-order valence-corrected chi connectivity index (χ3v) is 2.53. The summed E-state index contributed by atoms with van der Waals surface area (Å²) in [6.45, 7) is 0.474. The second-order valence-electron chi connectivity index (χ2n) is 3.55. The molecule has 0 aliphatic carbocycles. The zero-order valence-electron chi connectivity index (χ0n) is 7.90. The van der Waals surface area contributed by atoms with E-state index in [0.29, 0.717) is 13.0 Å². The normalized spacial score (nSPS) is 15.3. The lowest BCUT2D eigenvalue weighted by molar-refractivity contribution is -0.117. The number of amides is 1. The number of nitrogens with one attached hydrogen (secondary N) is 1. The van der Waals surface area contributed by atoms with Crippen molar-refractivity contribution in [2.24, 2.45) is 10.2 Å².